The number of esters is 1. The molecule has 0 unspecified atom stereocenters. The van der Waals surface area contributed by atoms with E-state index in [1.165, 1.54) is 0 Å². The van der Waals surface area contributed by atoms with Crippen molar-refractivity contribution in [2.45, 2.75) is 13.3 Å². The first-order chi connectivity index (χ1) is 7.24. The molecule has 0 aliphatic carbocycles. The van der Waals surface area contributed by atoms with Crippen LogP contribution in [0.15, 0.2) is 36.0 Å². The van der Waals surface area contributed by atoms with Gasteiger partial charge in [-0.25, -0.2) is 4.79 Å². The first kappa shape index (κ1) is 11.3. The molecule has 0 amide bonds. The summed E-state index contributed by atoms with van der Waals surface area (Å²) in [5, 5.41) is 0. The Hall–Kier alpha value is -1.77. The highest BCUT2D eigenvalue weighted by Gasteiger charge is 2.05. The van der Waals surface area contributed by atoms with Crippen LogP contribution >= 0.6 is 0 Å². The molecule has 0 saturated carbocycles. The fraction of sp³-hybridized carbons (Fsp3) is 0.250. The van der Waals surface area contributed by atoms with E-state index in [0.717, 1.165) is 12.0 Å². The predicted octanol–water partition coefficient (Wildman–Crippen LogP) is 1.94. The zero-order chi connectivity index (χ0) is 11.1. The van der Waals surface area contributed by atoms with Gasteiger partial charge in [0, 0.05) is 0 Å². The second-order valence-electron chi connectivity index (χ2n) is 3.15. The number of carbonyl (C=O) groups is 1. The predicted molar refractivity (Wildman–Crippen MR) is 59.9 cm³/mol. The number of hydrogen-bond acceptors (Lipinski definition) is 3. The van der Waals surface area contributed by atoms with Crippen LogP contribution in [-0.4, -0.2) is 12.6 Å². The van der Waals surface area contributed by atoms with Crippen molar-refractivity contribution in [1.29, 1.82) is 0 Å². The Morgan fingerprint density at radius 2 is 2.07 bits per heavy atom. The SMILES string of the molecule is CCCOC(=O)C(N)=Cc1ccccc1. The van der Waals surface area contributed by atoms with Crippen LogP contribution in [0.4, 0.5) is 0 Å². The molecular formula is C12H15NO2. The van der Waals surface area contributed by atoms with Gasteiger partial charge in [-0.2, -0.15) is 0 Å². The number of nitrogens with two attached hydrogens (primary N) is 1. The fourth-order valence-electron chi connectivity index (χ4n) is 1.07. The molecule has 80 valence electrons. The van der Waals surface area contributed by atoms with Crippen LogP contribution in [0.5, 0.6) is 0 Å². The van der Waals surface area contributed by atoms with E-state index in [1.807, 2.05) is 37.3 Å². The minimum Gasteiger partial charge on any atom is -0.461 e. The topological polar surface area (TPSA) is 52.3 Å². The Balaban J connectivity index is 2.63. The lowest BCUT2D eigenvalue weighted by molar-refractivity contribution is -0.139. The van der Waals surface area contributed by atoms with Crippen molar-refractivity contribution in [1.82, 2.24) is 0 Å². The first-order valence-electron chi connectivity index (χ1n) is 4.93. The van der Waals surface area contributed by atoms with Gasteiger partial charge in [-0.15, -0.1) is 0 Å². The van der Waals surface area contributed by atoms with Crippen LogP contribution in [0.3, 0.4) is 0 Å². The third kappa shape index (κ3) is 3.85. The molecule has 3 nitrogen and oxygen atoms in total. The minimum atomic E-state index is -0.458. The normalized spacial score (nSPS) is 11.1. The summed E-state index contributed by atoms with van der Waals surface area (Å²) in [6, 6.07) is 9.43. The van der Waals surface area contributed by atoms with Gasteiger partial charge >= 0.3 is 5.97 Å². The van der Waals surface area contributed by atoms with Gasteiger partial charge in [0.15, 0.2) is 0 Å². The summed E-state index contributed by atoms with van der Waals surface area (Å²) in [4.78, 5) is 11.3. The largest absolute Gasteiger partial charge is 0.461 e. The molecule has 0 saturated heterocycles. The summed E-state index contributed by atoms with van der Waals surface area (Å²) < 4.78 is 4.89. The zero-order valence-corrected chi connectivity index (χ0v) is 8.77. The molecule has 1 aromatic carbocycles. The molecule has 0 radical (unpaired) electrons. The van der Waals surface area contributed by atoms with Gasteiger partial charge in [0.25, 0.3) is 0 Å². The average Bonchev–Trinajstić information content (AvgIpc) is 2.27. The van der Waals surface area contributed by atoms with Crippen LogP contribution in [0.2, 0.25) is 0 Å². The molecule has 2 N–H and O–H groups in total. The molecule has 0 aliphatic rings. The third-order valence-corrected chi connectivity index (χ3v) is 1.79. The number of carbonyl (C=O) groups excluding carboxylic acids is 1. The molecule has 0 bridgehead atoms. The van der Waals surface area contributed by atoms with E-state index in [9.17, 15) is 4.79 Å². The summed E-state index contributed by atoms with van der Waals surface area (Å²) in [6.07, 6.45) is 2.41. The van der Waals surface area contributed by atoms with Gasteiger partial charge in [-0.05, 0) is 18.1 Å². The maximum atomic E-state index is 11.3. The van der Waals surface area contributed by atoms with Crippen molar-refractivity contribution in [2.24, 2.45) is 5.73 Å². The van der Waals surface area contributed by atoms with Crippen LogP contribution in [0, 0.1) is 0 Å². The second kappa shape index (κ2) is 5.86. The van der Waals surface area contributed by atoms with Crippen LogP contribution in [-0.2, 0) is 9.53 Å². The maximum absolute atomic E-state index is 11.3. The lowest BCUT2D eigenvalue weighted by Gasteiger charge is -2.02. The molecule has 0 aliphatic heterocycles. The maximum Gasteiger partial charge on any atom is 0.354 e. The van der Waals surface area contributed by atoms with Crippen molar-refractivity contribution in [3.05, 3.63) is 41.6 Å². The molecular weight excluding hydrogens is 190 g/mol. The molecule has 0 spiro atoms. The van der Waals surface area contributed by atoms with Gasteiger partial charge in [0.1, 0.15) is 5.70 Å². The summed E-state index contributed by atoms with van der Waals surface area (Å²) in [5.74, 6) is -0.458. The molecule has 0 heterocycles. The highest BCUT2D eigenvalue weighted by atomic mass is 16.5. The second-order valence-corrected chi connectivity index (χ2v) is 3.15. The number of rotatable bonds is 4. The van der Waals surface area contributed by atoms with Crippen molar-refractivity contribution < 1.29 is 9.53 Å². The van der Waals surface area contributed by atoms with Crippen molar-refractivity contribution in [3.63, 3.8) is 0 Å². The van der Waals surface area contributed by atoms with Crippen LogP contribution in [0.1, 0.15) is 18.9 Å². The number of hydrogen-bond donors (Lipinski definition) is 1. The van der Waals surface area contributed by atoms with Gasteiger partial charge in [-0.3, -0.25) is 0 Å². The van der Waals surface area contributed by atoms with E-state index in [-0.39, 0.29) is 5.70 Å². The quantitative estimate of drug-likeness (QED) is 0.603. The summed E-state index contributed by atoms with van der Waals surface area (Å²) in [5.41, 5.74) is 6.60. The average molecular weight is 205 g/mol. The van der Waals surface area contributed by atoms with Crippen molar-refractivity contribution >= 4 is 12.0 Å². The van der Waals surface area contributed by atoms with E-state index in [4.69, 9.17) is 10.5 Å². The Labute approximate surface area is 89.5 Å². The van der Waals surface area contributed by atoms with E-state index in [1.54, 1.807) is 6.08 Å². The summed E-state index contributed by atoms with van der Waals surface area (Å²) in [7, 11) is 0. The molecule has 1 rings (SSSR count). The Kier molecular flexibility index (Phi) is 4.41. The van der Waals surface area contributed by atoms with E-state index in [2.05, 4.69) is 0 Å². The molecule has 15 heavy (non-hydrogen) atoms. The lowest BCUT2D eigenvalue weighted by Crippen LogP contribution is -2.14. The highest BCUT2D eigenvalue weighted by Crippen LogP contribution is 2.04. The minimum absolute atomic E-state index is 0.134. The smallest absolute Gasteiger partial charge is 0.354 e. The molecule has 0 atom stereocenters. The van der Waals surface area contributed by atoms with Gasteiger partial charge in [0.2, 0.25) is 0 Å². The van der Waals surface area contributed by atoms with E-state index < -0.39 is 5.97 Å². The summed E-state index contributed by atoms with van der Waals surface area (Å²) >= 11 is 0. The van der Waals surface area contributed by atoms with Gasteiger partial charge < -0.3 is 10.5 Å². The Bertz CT molecular complexity index is 344. The third-order valence-electron chi connectivity index (χ3n) is 1.79. The molecule has 0 aromatic heterocycles. The standard InChI is InChI=1S/C12H15NO2/c1-2-8-15-12(14)11(13)9-10-6-4-3-5-7-10/h3-7,9H,2,8,13H2,1H3. The van der Waals surface area contributed by atoms with Gasteiger partial charge in [-0.1, -0.05) is 37.3 Å². The highest BCUT2D eigenvalue weighted by molar-refractivity contribution is 5.92. The van der Waals surface area contributed by atoms with Gasteiger partial charge in [0.05, 0.1) is 6.61 Å². The summed E-state index contributed by atoms with van der Waals surface area (Å²) in [6.45, 7) is 2.34. The molecule has 3 heteroatoms. The first-order valence-corrected chi connectivity index (χ1v) is 4.93. The zero-order valence-electron chi connectivity index (χ0n) is 8.77. The van der Waals surface area contributed by atoms with Crippen LogP contribution in [0.25, 0.3) is 6.08 Å². The molecule has 1 aromatic rings. The lowest BCUT2D eigenvalue weighted by atomic mass is 10.2. The van der Waals surface area contributed by atoms with Crippen LogP contribution < -0.4 is 5.73 Å². The monoisotopic (exact) mass is 205 g/mol. The van der Waals surface area contributed by atoms with Crippen molar-refractivity contribution in [2.75, 3.05) is 6.61 Å². The Morgan fingerprint density at radius 1 is 1.40 bits per heavy atom. The number of benzene rings is 1. The van der Waals surface area contributed by atoms with Crippen molar-refractivity contribution in [3.8, 4) is 0 Å². The van der Waals surface area contributed by atoms with E-state index in [0.29, 0.717) is 6.61 Å². The molecule has 0 fully saturated rings. The fourth-order valence-corrected chi connectivity index (χ4v) is 1.07. The number of ether oxygens (including phenoxy) is 1. The van der Waals surface area contributed by atoms with E-state index >= 15 is 0 Å². The Morgan fingerprint density at radius 3 is 2.67 bits per heavy atom.